The van der Waals surface area contributed by atoms with Crippen molar-refractivity contribution in [2.75, 3.05) is 0 Å². The Balaban J connectivity index is 2.03. The molecule has 0 aromatic heterocycles. The van der Waals surface area contributed by atoms with Gasteiger partial charge in [0.2, 0.25) is 5.91 Å². The summed E-state index contributed by atoms with van der Waals surface area (Å²) < 4.78 is 51.3. The third-order valence-corrected chi connectivity index (χ3v) is 4.06. The van der Waals surface area contributed by atoms with Gasteiger partial charge >= 0.3 is 6.18 Å². The average molecular weight is 396 g/mol. The highest BCUT2D eigenvalue weighted by molar-refractivity contribution is 5.97. The molecule has 1 unspecified atom stereocenters. The molecule has 2 rings (SSSR count). The molecule has 4 nitrogen and oxygen atoms in total. The zero-order chi connectivity index (χ0) is 20.9. The van der Waals surface area contributed by atoms with Crippen LogP contribution in [0.1, 0.15) is 35.3 Å². The molecular weight excluding hydrogens is 376 g/mol. The number of rotatable bonds is 6. The predicted molar refractivity (Wildman–Crippen MR) is 95.8 cm³/mol. The van der Waals surface area contributed by atoms with Crippen LogP contribution in [0.25, 0.3) is 0 Å². The third kappa shape index (κ3) is 5.80. The highest BCUT2D eigenvalue weighted by Gasteiger charge is 2.30. The fourth-order valence-electron chi connectivity index (χ4n) is 2.52. The van der Waals surface area contributed by atoms with E-state index >= 15 is 0 Å². The van der Waals surface area contributed by atoms with Gasteiger partial charge in [-0.3, -0.25) is 9.59 Å². The number of nitrogens with one attached hydrogen (secondary N) is 2. The summed E-state index contributed by atoms with van der Waals surface area (Å²) in [6, 6.07) is 8.60. The fourth-order valence-corrected chi connectivity index (χ4v) is 2.52. The van der Waals surface area contributed by atoms with E-state index in [1.54, 1.807) is 13.8 Å². The number of amides is 2. The van der Waals surface area contributed by atoms with Crippen molar-refractivity contribution < 1.29 is 27.2 Å². The Labute approximate surface area is 159 Å². The number of halogens is 4. The van der Waals surface area contributed by atoms with Gasteiger partial charge in [-0.15, -0.1) is 0 Å². The van der Waals surface area contributed by atoms with Crippen molar-refractivity contribution in [1.82, 2.24) is 10.6 Å². The second-order valence-electron chi connectivity index (χ2n) is 6.62. The minimum atomic E-state index is -4.47. The van der Waals surface area contributed by atoms with Gasteiger partial charge in [0.05, 0.1) is 5.56 Å². The molecule has 0 saturated heterocycles. The molecule has 2 N–H and O–H groups in total. The summed E-state index contributed by atoms with van der Waals surface area (Å²) in [6.07, 6.45) is -4.47. The molecule has 0 bridgehead atoms. The van der Waals surface area contributed by atoms with Crippen LogP contribution in [0.5, 0.6) is 0 Å². The first-order valence-electron chi connectivity index (χ1n) is 8.58. The normalized spacial score (nSPS) is 12.5. The Morgan fingerprint density at radius 2 is 1.68 bits per heavy atom. The van der Waals surface area contributed by atoms with Crippen molar-refractivity contribution in [2.24, 2.45) is 5.92 Å². The molecule has 2 aromatic carbocycles. The summed E-state index contributed by atoms with van der Waals surface area (Å²) in [5, 5.41) is 5.11. The van der Waals surface area contributed by atoms with Gasteiger partial charge in [0.1, 0.15) is 11.9 Å². The molecule has 0 aliphatic carbocycles. The zero-order valence-corrected chi connectivity index (χ0v) is 15.3. The molecule has 0 spiro atoms. The van der Waals surface area contributed by atoms with Crippen LogP contribution in [0.15, 0.2) is 48.5 Å². The minimum Gasteiger partial charge on any atom is -0.350 e. The van der Waals surface area contributed by atoms with Crippen LogP contribution in [0.2, 0.25) is 0 Å². The lowest BCUT2D eigenvalue weighted by molar-refractivity contribution is -0.137. The molecule has 150 valence electrons. The van der Waals surface area contributed by atoms with Crippen LogP contribution in [0, 0.1) is 11.7 Å². The van der Waals surface area contributed by atoms with Crippen molar-refractivity contribution in [3.05, 3.63) is 71.0 Å². The highest BCUT2D eigenvalue weighted by Crippen LogP contribution is 2.29. The van der Waals surface area contributed by atoms with E-state index in [9.17, 15) is 27.2 Å². The summed E-state index contributed by atoms with van der Waals surface area (Å²) >= 11 is 0. The number of hydrogen-bond donors (Lipinski definition) is 2. The van der Waals surface area contributed by atoms with E-state index in [2.05, 4.69) is 10.6 Å². The lowest BCUT2D eigenvalue weighted by Gasteiger charge is -2.22. The standard InChI is InChI=1S/C20H20F4N2O2/c1-12(2)17(26-18(27)14-6-8-16(21)9-7-14)19(28)25-11-13-4-3-5-15(10-13)20(22,23)24/h3-10,12,17H,11H2,1-2H3,(H,25,28)(H,26,27). The number of carbonyl (C=O) groups excluding carboxylic acids is 2. The summed E-state index contributed by atoms with van der Waals surface area (Å²) in [7, 11) is 0. The topological polar surface area (TPSA) is 58.2 Å². The molecular formula is C20H20F4N2O2. The summed E-state index contributed by atoms with van der Waals surface area (Å²) in [5.41, 5.74) is -0.322. The lowest BCUT2D eigenvalue weighted by Crippen LogP contribution is -2.49. The van der Waals surface area contributed by atoms with Crippen LogP contribution in [0.4, 0.5) is 17.6 Å². The van der Waals surface area contributed by atoms with E-state index in [1.807, 2.05) is 0 Å². The zero-order valence-electron chi connectivity index (χ0n) is 15.3. The number of hydrogen-bond acceptors (Lipinski definition) is 2. The first-order chi connectivity index (χ1) is 13.1. The van der Waals surface area contributed by atoms with Crippen molar-refractivity contribution >= 4 is 11.8 Å². The number of benzene rings is 2. The first kappa shape index (κ1) is 21.4. The number of carbonyl (C=O) groups is 2. The molecule has 0 aliphatic heterocycles. The fraction of sp³-hybridized carbons (Fsp3) is 0.300. The molecule has 2 amide bonds. The van der Waals surface area contributed by atoms with Gasteiger partial charge in [-0.2, -0.15) is 13.2 Å². The second kappa shape index (κ2) is 8.86. The van der Waals surface area contributed by atoms with Crippen LogP contribution in [-0.2, 0) is 17.5 Å². The molecule has 0 aliphatic rings. The van der Waals surface area contributed by atoms with E-state index in [-0.39, 0.29) is 23.6 Å². The van der Waals surface area contributed by atoms with Crippen molar-refractivity contribution in [2.45, 2.75) is 32.6 Å². The average Bonchev–Trinajstić information content (AvgIpc) is 2.64. The van der Waals surface area contributed by atoms with E-state index in [1.165, 1.54) is 24.3 Å². The maximum Gasteiger partial charge on any atom is 0.416 e. The molecule has 0 saturated carbocycles. The quantitative estimate of drug-likeness (QED) is 0.728. The van der Waals surface area contributed by atoms with Crippen LogP contribution >= 0.6 is 0 Å². The van der Waals surface area contributed by atoms with Gasteiger partial charge in [0.25, 0.3) is 5.91 Å². The molecule has 28 heavy (non-hydrogen) atoms. The van der Waals surface area contributed by atoms with E-state index in [0.717, 1.165) is 24.3 Å². The first-order valence-corrected chi connectivity index (χ1v) is 8.58. The molecule has 1 atom stereocenters. The van der Waals surface area contributed by atoms with E-state index in [0.29, 0.717) is 0 Å². The Bertz CT molecular complexity index is 833. The van der Waals surface area contributed by atoms with E-state index in [4.69, 9.17) is 0 Å². The molecule has 0 fully saturated rings. The van der Waals surface area contributed by atoms with Gasteiger partial charge < -0.3 is 10.6 Å². The van der Waals surface area contributed by atoms with E-state index < -0.39 is 35.4 Å². The predicted octanol–water partition coefficient (Wildman–Crippen LogP) is 3.92. The number of alkyl halides is 3. The Morgan fingerprint density at radius 3 is 2.25 bits per heavy atom. The maximum absolute atomic E-state index is 13.0. The second-order valence-corrected chi connectivity index (χ2v) is 6.62. The summed E-state index contributed by atoms with van der Waals surface area (Å²) in [5.74, 6) is -1.84. The smallest absolute Gasteiger partial charge is 0.350 e. The van der Waals surface area contributed by atoms with Crippen molar-refractivity contribution in [3.8, 4) is 0 Å². The van der Waals surface area contributed by atoms with Gasteiger partial charge in [0.15, 0.2) is 0 Å². The van der Waals surface area contributed by atoms with Gasteiger partial charge in [-0.25, -0.2) is 4.39 Å². The third-order valence-electron chi connectivity index (χ3n) is 4.06. The van der Waals surface area contributed by atoms with Crippen molar-refractivity contribution in [1.29, 1.82) is 0 Å². The molecule has 2 aromatic rings. The minimum absolute atomic E-state index is 0.113. The van der Waals surface area contributed by atoms with Crippen LogP contribution in [0.3, 0.4) is 0 Å². The van der Waals surface area contributed by atoms with Crippen LogP contribution in [-0.4, -0.2) is 17.9 Å². The summed E-state index contributed by atoms with van der Waals surface area (Å²) in [6.45, 7) is 3.33. The maximum atomic E-state index is 13.0. The largest absolute Gasteiger partial charge is 0.416 e. The SMILES string of the molecule is CC(C)C(NC(=O)c1ccc(F)cc1)C(=O)NCc1cccc(C(F)(F)F)c1. The Morgan fingerprint density at radius 1 is 1.04 bits per heavy atom. The lowest BCUT2D eigenvalue weighted by atomic mass is 10.0. The molecule has 8 heteroatoms. The summed E-state index contributed by atoms with van der Waals surface area (Å²) in [4.78, 5) is 24.7. The molecule has 0 radical (unpaired) electrons. The highest BCUT2D eigenvalue weighted by atomic mass is 19.4. The van der Waals surface area contributed by atoms with Gasteiger partial charge in [-0.05, 0) is 47.9 Å². The monoisotopic (exact) mass is 396 g/mol. The Kier molecular flexibility index (Phi) is 6.77. The van der Waals surface area contributed by atoms with Crippen molar-refractivity contribution in [3.63, 3.8) is 0 Å². The Hall–Kier alpha value is -2.90. The van der Waals surface area contributed by atoms with Gasteiger partial charge in [0, 0.05) is 12.1 Å². The van der Waals surface area contributed by atoms with Gasteiger partial charge in [-0.1, -0.05) is 26.0 Å². The molecule has 0 heterocycles. The van der Waals surface area contributed by atoms with Crippen LogP contribution < -0.4 is 10.6 Å².